The molecule has 1 aromatic heterocycles. The number of alkyl halides is 3. The first kappa shape index (κ1) is 13.8. The van der Waals surface area contributed by atoms with Crippen molar-refractivity contribution < 1.29 is 17.6 Å². The Balaban J connectivity index is 2.04. The van der Waals surface area contributed by atoms with Crippen LogP contribution in [0.3, 0.4) is 0 Å². The van der Waals surface area contributed by atoms with Crippen LogP contribution in [0.25, 0.3) is 11.4 Å². The average Bonchev–Trinajstić information content (AvgIpc) is 2.83. The third kappa shape index (κ3) is 2.45. The van der Waals surface area contributed by atoms with E-state index in [0.717, 1.165) is 6.07 Å². The van der Waals surface area contributed by atoms with Gasteiger partial charge in [-0.2, -0.15) is 13.2 Å². The van der Waals surface area contributed by atoms with Crippen LogP contribution >= 0.6 is 0 Å². The van der Waals surface area contributed by atoms with Crippen LogP contribution in [0.2, 0.25) is 0 Å². The topological polar surface area (TPSA) is 56.7 Å². The van der Waals surface area contributed by atoms with Crippen LogP contribution in [0.5, 0.6) is 0 Å². The van der Waals surface area contributed by atoms with Crippen molar-refractivity contribution in [2.24, 2.45) is 5.92 Å². The van der Waals surface area contributed by atoms with Crippen molar-refractivity contribution in [3.63, 3.8) is 0 Å². The molecule has 1 atom stereocenters. The summed E-state index contributed by atoms with van der Waals surface area (Å²) in [5.74, 6) is -1.53. The minimum atomic E-state index is -4.28. The number of nitrogens with zero attached hydrogens (tertiary/aromatic N) is 3. The highest BCUT2D eigenvalue weighted by Gasteiger charge is 2.42. The van der Waals surface area contributed by atoms with Crippen molar-refractivity contribution in [1.82, 2.24) is 14.8 Å². The third-order valence-electron chi connectivity index (χ3n) is 3.64. The van der Waals surface area contributed by atoms with Gasteiger partial charge in [-0.3, -0.25) is 0 Å². The molecule has 21 heavy (non-hydrogen) atoms. The first-order valence-corrected chi connectivity index (χ1v) is 6.40. The van der Waals surface area contributed by atoms with E-state index < -0.39 is 17.9 Å². The van der Waals surface area contributed by atoms with Crippen molar-refractivity contribution >= 4 is 5.69 Å². The predicted octanol–water partition coefficient (Wildman–Crippen LogP) is 2.79. The smallest absolute Gasteiger partial charge is 0.393 e. The number of anilines is 1. The standard InChI is InChI=1S/C13H12F4N4/c14-10-3-2-8(18)5-9(10)12-20-19-11-4-1-7(6-21(11)12)13(15,16)17/h2-3,5,7H,1,4,6,18H2. The van der Waals surface area contributed by atoms with Gasteiger partial charge >= 0.3 is 6.18 Å². The maximum absolute atomic E-state index is 13.9. The van der Waals surface area contributed by atoms with E-state index in [9.17, 15) is 17.6 Å². The molecule has 112 valence electrons. The summed E-state index contributed by atoms with van der Waals surface area (Å²) in [6.07, 6.45) is -4.14. The Morgan fingerprint density at radius 1 is 1.24 bits per heavy atom. The normalized spacial score (nSPS) is 18.6. The minimum Gasteiger partial charge on any atom is -0.399 e. The number of benzene rings is 1. The van der Waals surface area contributed by atoms with E-state index in [4.69, 9.17) is 5.73 Å². The highest BCUT2D eigenvalue weighted by atomic mass is 19.4. The van der Waals surface area contributed by atoms with E-state index in [1.54, 1.807) is 0 Å². The van der Waals surface area contributed by atoms with E-state index in [2.05, 4.69) is 10.2 Å². The number of rotatable bonds is 1. The lowest BCUT2D eigenvalue weighted by Crippen LogP contribution is -2.32. The van der Waals surface area contributed by atoms with Crippen LogP contribution in [0, 0.1) is 11.7 Å². The fourth-order valence-electron chi connectivity index (χ4n) is 2.51. The maximum atomic E-state index is 13.9. The summed E-state index contributed by atoms with van der Waals surface area (Å²) < 4.78 is 53.8. The molecule has 0 fully saturated rings. The number of nitrogen functional groups attached to an aromatic ring is 1. The molecule has 0 amide bonds. The van der Waals surface area contributed by atoms with Crippen molar-refractivity contribution in [2.75, 3.05) is 5.73 Å². The van der Waals surface area contributed by atoms with E-state index >= 15 is 0 Å². The monoisotopic (exact) mass is 300 g/mol. The van der Waals surface area contributed by atoms with Crippen LogP contribution in [0.4, 0.5) is 23.2 Å². The predicted molar refractivity (Wildman–Crippen MR) is 67.7 cm³/mol. The lowest BCUT2D eigenvalue weighted by Gasteiger charge is -2.26. The molecule has 1 aliphatic rings. The van der Waals surface area contributed by atoms with Gasteiger partial charge in [0.1, 0.15) is 11.6 Å². The fraction of sp³-hybridized carbons (Fsp3) is 0.385. The Labute approximate surface area is 117 Å². The fourth-order valence-corrected chi connectivity index (χ4v) is 2.51. The lowest BCUT2D eigenvalue weighted by atomic mass is 9.98. The largest absolute Gasteiger partial charge is 0.399 e. The molecule has 0 aliphatic carbocycles. The molecule has 8 heteroatoms. The summed E-state index contributed by atoms with van der Waals surface area (Å²) in [4.78, 5) is 0. The number of aromatic nitrogens is 3. The maximum Gasteiger partial charge on any atom is 0.393 e. The highest BCUT2D eigenvalue weighted by Crippen LogP contribution is 2.36. The van der Waals surface area contributed by atoms with E-state index in [1.165, 1.54) is 16.7 Å². The second kappa shape index (κ2) is 4.71. The first-order valence-electron chi connectivity index (χ1n) is 6.40. The zero-order valence-corrected chi connectivity index (χ0v) is 10.9. The van der Waals surface area contributed by atoms with Gasteiger partial charge in [0.25, 0.3) is 0 Å². The molecular weight excluding hydrogens is 288 g/mol. The number of nitrogens with two attached hydrogens (primary N) is 1. The summed E-state index contributed by atoms with van der Waals surface area (Å²) in [5.41, 5.74) is 5.98. The molecule has 4 nitrogen and oxygen atoms in total. The van der Waals surface area contributed by atoms with Gasteiger partial charge in [-0.15, -0.1) is 10.2 Å². The molecule has 0 bridgehead atoms. The second-order valence-corrected chi connectivity index (χ2v) is 5.07. The highest BCUT2D eigenvalue weighted by molar-refractivity contribution is 5.62. The quantitative estimate of drug-likeness (QED) is 0.651. The zero-order valence-electron chi connectivity index (χ0n) is 10.9. The van der Waals surface area contributed by atoms with Crippen molar-refractivity contribution in [2.45, 2.75) is 25.6 Å². The summed E-state index contributed by atoms with van der Waals surface area (Å²) in [5, 5.41) is 7.70. The molecule has 0 spiro atoms. The van der Waals surface area contributed by atoms with Gasteiger partial charge in [-0.25, -0.2) is 4.39 Å². The van der Waals surface area contributed by atoms with Gasteiger partial charge in [-0.1, -0.05) is 0 Å². The molecule has 3 rings (SSSR count). The molecule has 0 radical (unpaired) electrons. The second-order valence-electron chi connectivity index (χ2n) is 5.07. The van der Waals surface area contributed by atoms with Crippen molar-refractivity contribution in [3.8, 4) is 11.4 Å². The molecule has 1 unspecified atom stereocenters. The van der Waals surface area contributed by atoms with Gasteiger partial charge in [0, 0.05) is 18.7 Å². The average molecular weight is 300 g/mol. The number of halogens is 4. The molecule has 0 saturated heterocycles. The lowest BCUT2D eigenvalue weighted by molar-refractivity contribution is -0.182. The van der Waals surface area contributed by atoms with E-state index in [0.29, 0.717) is 11.5 Å². The van der Waals surface area contributed by atoms with Crippen molar-refractivity contribution in [1.29, 1.82) is 0 Å². The van der Waals surface area contributed by atoms with E-state index in [-0.39, 0.29) is 30.8 Å². The number of hydrogen-bond acceptors (Lipinski definition) is 3. The van der Waals surface area contributed by atoms with Crippen LogP contribution in [-0.4, -0.2) is 20.9 Å². The van der Waals surface area contributed by atoms with E-state index in [1.807, 2.05) is 0 Å². The van der Waals surface area contributed by atoms with Gasteiger partial charge in [0.05, 0.1) is 11.5 Å². The summed E-state index contributed by atoms with van der Waals surface area (Å²) >= 11 is 0. The number of aryl methyl sites for hydroxylation is 1. The Morgan fingerprint density at radius 3 is 2.71 bits per heavy atom. The third-order valence-corrected chi connectivity index (χ3v) is 3.64. The molecule has 1 aliphatic heterocycles. The Kier molecular flexibility index (Phi) is 3.11. The summed E-state index contributed by atoms with van der Waals surface area (Å²) in [6, 6.07) is 3.89. The van der Waals surface area contributed by atoms with Gasteiger partial charge in [-0.05, 0) is 24.6 Å². The number of hydrogen-bond donors (Lipinski definition) is 1. The Hall–Kier alpha value is -2.12. The van der Waals surface area contributed by atoms with Gasteiger partial charge < -0.3 is 10.3 Å². The van der Waals surface area contributed by atoms with Crippen LogP contribution < -0.4 is 5.73 Å². The molecule has 2 heterocycles. The SMILES string of the molecule is Nc1ccc(F)c(-c2nnc3n2CC(C(F)(F)F)CC3)c1. The Bertz CT molecular complexity index is 677. The van der Waals surface area contributed by atoms with Crippen LogP contribution in [-0.2, 0) is 13.0 Å². The molecule has 2 N–H and O–H groups in total. The van der Waals surface area contributed by atoms with Crippen molar-refractivity contribution in [3.05, 3.63) is 29.8 Å². The first-order chi connectivity index (χ1) is 9.86. The van der Waals surface area contributed by atoms with Gasteiger partial charge in [0.2, 0.25) is 0 Å². The minimum absolute atomic E-state index is 0.0267. The molecular formula is C13H12F4N4. The van der Waals surface area contributed by atoms with Gasteiger partial charge in [0.15, 0.2) is 5.82 Å². The molecule has 1 aromatic carbocycles. The summed E-state index contributed by atoms with van der Waals surface area (Å²) in [7, 11) is 0. The summed E-state index contributed by atoms with van der Waals surface area (Å²) in [6.45, 7) is -0.296. The molecule has 0 saturated carbocycles. The Morgan fingerprint density at radius 2 is 2.00 bits per heavy atom. The van der Waals surface area contributed by atoms with Crippen LogP contribution in [0.1, 0.15) is 12.2 Å². The molecule has 2 aromatic rings. The van der Waals surface area contributed by atoms with Crippen LogP contribution in [0.15, 0.2) is 18.2 Å². The zero-order chi connectivity index (χ0) is 15.2. The number of fused-ring (bicyclic) bond motifs is 1.